The summed E-state index contributed by atoms with van der Waals surface area (Å²) in [6.45, 7) is 3.96. The van der Waals surface area contributed by atoms with Gasteiger partial charge in [0.15, 0.2) is 5.69 Å². The van der Waals surface area contributed by atoms with Crippen LogP contribution < -0.4 is 11.1 Å². The smallest absolute Gasteiger partial charge is 0.278 e. The van der Waals surface area contributed by atoms with Gasteiger partial charge in [-0.3, -0.25) is 9.48 Å². The number of hydrogen-bond acceptors (Lipinski definition) is 3. The minimum atomic E-state index is -0.292. The van der Waals surface area contributed by atoms with Crippen LogP contribution in [0.2, 0.25) is 0 Å². The first-order valence-corrected chi connectivity index (χ1v) is 5.65. The van der Waals surface area contributed by atoms with Crippen molar-refractivity contribution in [1.29, 1.82) is 0 Å². The Balaban J connectivity index is 2.24. The van der Waals surface area contributed by atoms with Crippen LogP contribution in [0.4, 0.5) is 11.4 Å². The SMILES string of the molecule is Cc1ccc(NC(=O)c2nn(C)cc2N)c(C)c1. The molecule has 1 heterocycles. The number of amides is 1. The number of nitrogen functional groups attached to an aromatic ring is 1. The number of rotatable bonds is 2. The van der Waals surface area contributed by atoms with Crippen LogP contribution in [0.15, 0.2) is 24.4 Å². The molecule has 0 atom stereocenters. The third-order valence-electron chi connectivity index (χ3n) is 2.70. The lowest BCUT2D eigenvalue weighted by Gasteiger charge is -2.08. The zero-order chi connectivity index (χ0) is 13.3. The van der Waals surface area contributed by atoms with Gasteiger partial charge in [0, 0.05) is 18.9 Å². The van der Waals surface area contributed by atoms with E-state index >= 15 is 0 Å². The van der Waals surface area contributed by atoms with E-state index in [0.717, 1.165) is 16.8 Å². The number of carbonyl (C=O) groups is 1. The molecular weight excluding hydrogens is 228 g/mol. The van der Waals surface area contributed by atoms with Crippen molar-refractivity contribution in [3.05, 3.63) is 41.2 Å². The number of carbonyl (C=O) groups excluding carboxylic acids is 1. The molecule has 0 radical (unpaired) electrons. The summed E-state index contributed by atoms with van der Waals surface area (Å²) in [4.78, 5) is 12.0. The fourth-order valence-corrected chi connectivity index (χ4v) is 1.82. The van der Waals surface area contributed by atoms with E-state index in [1.807, 2.05) is 32.0 Å². The summed E-state index contributed by atoms with van der Waals surface area (Å²) in [6, 6.07) is 5.84. The van der Waals surface area contributed by atoms with Gasteiger partial charge in [0.1, 0.15) is 0 Å². The van der Waals surface area contributed by atoms with Crippen LogP contribution >= 0.6 is 0 Å². The number of anilines is 2. The lowest BCUT2D eigenvalue weighted by Crippen LogP contribution is -2.15. The lowest BCUT2D eigenvalue weighted by atomic mass is 10.1. The maximum absolute atomic E-state index is 12.0. The lowest BCUT2D eigenvalue weighted by molar-refractivity contribution is 0.102. The van der Waals surface area contributed by atoms with Gasteiger partial charge in [-0.1, -0.05) is 17.7 Å². The van der Waals surface area contributed by atoms with E-state index in [4.69, 9.17) is 5.73 Å². The van der Waals surface area contributed by atoms with E-state index < -0.39 is 0 Å². The van der Waals surface area contributed by atoms with Gasteiger partial charge in [0.2, 0.25) is 0 Å². The highest BCUT2D eigenvalue weighted by Crippen LogP contribution is 2.18. The van der Waals surface area contributed by atoms with Crippen molar-refractivity contribution in [2.45, 2.75) is 13.8 Å². The van der Waals surface area contributed by atoms with Crippen molar-refractivity contribution < 1.29 is 4.79 Å². The highest BCUT2D eigenvalue weighted by atomic mass is 16.2. The predicted molar refractivity (Wildman–Crippen MR) is 71.5 cm³/mol. The van der Waals surface area contributed by atoms with Gasteiger partial charge in [-0.2, -0.15) is 5.10 Å². The van der Waals surface area contributed by atoms with Gasteiger partial charge in [0.25, 0.3) is 5.91 Å². The van der Waals surface area contributed by atoms with E-state index in [2.05, 4.69) is 10.4 Å². The first kappa shape index (κ1) is 12.2. The molecule has 0 bridgehead atoms. The summed E-state index contributed by atoms with van der Waals surface area (Å²) < 4.78 is 1.52. The second-order valence-electron chi connectivity index (χ2n) is 4.38. The third kappa shape index (κ3) is 2.34. The molecule has 5 heteroatoms. The maximum Gasteiger partial charge on any atom is 0.278 e. The average Bonchev–Trinajstić information content (AvgIpc) is 2.62. The molecule has 2 aromatic rings. The molecule has 0 aliphatic carbocycles. The molecule has 5 nitrogen and oxygen atoms in total. The fourth-order valence-electron chi connectivity index (χ4n) is 1.82. The first-order chi connectivity index (χ1) is 8.47. The van der Waals surface area contributed by atoms with Crippen LogP contribution in [0.5, 0.6) is 0 Å². The first-order valence-electron chi connectivity index (χ1n) is 5.65. The Kier molecular flexibility index (Phi) is 3.06. The molecule has 18 heavy (non-hydrogen) atoms. The van der Waals surface area contributed by atoms with Crippen molar-refractivity contribution in [3.63, 3.8) is 0 Å². The molecule has 0 spiro atoms. The minimum Gasteiger partial charge on any atom is -0.396 e. The molecule has 0 saturated heterocycles. The number of hydrogen-bond donors (Lipinski definition) is 2. The van der Waals surface area contributed by atoms with Crippen LogP contribution in [-0.4, -0.2) is 15.7 Å². The summed E-state index contributed by atoms with van der Waals surface area (Å²) >= 11 is 0. The Morgan fingerprint density at radius 1 is 1.39 bits per heavy atom. The fraction of sp³-hybridized carbons (Fsp3) is 0.231. The minimum absolute atomic E-state index is 0.248. The zero-order valence-electron chi connectivity index (χ0n) is 10.7. The third-order valence-corrected chi connectivity index (χ3v) is 2.70. The van der Waals surface area contributed by atoms with E-state index in [-0.39, 0.29) is 11.6 Å². The number of benzene rings is 1. The maximum atomic E-state index is 12.0. The molecule has 94 valence electrons. The molecule has 0 unspecified atom stereocenters. The van der Waals surface area contributed by atoms with Crippen molar-refractivity contribution in [1.82, 2.24) is 9.78 Å². The Hall–Kier alpha value is -2.30. The molecule has 0 aliphatic heterocycles. The molecule has 1 amide bonds. The van der Waals surface area contributed by atoms with Crippen LogP contribution in [0.3, 0.4) is 0 Å². The van der Waals surface area contributed by atoms with E-state index in [1.165, 1.54) is 4.68 Å². The molecular formula is C13H16N4O. The van der Waals surface area contributed by atoms with E-state index in [1.54, 1.807) is 13.2 Å². The summed E-state index contributed by atoms with van der Waals surface area (Å²) in [5.74, 6) is -0.292. The summed E-state index contributed by atoms with van der Waals surface area (Å²) in [6.07, 6.45) is 1.61. The molecule has 0 aliphatic rings. The normalized spacial score (nSPS) is 10.4. The molecule has 3 N–H and O–H groups in total. The average molecular weight is 244 g/mol. The largest absolute Gasteiger partial charge is 0.396 e. The summed E-state index contributed by atoms with van der Waals surface area (Å²) in [7, 11) is 1.73. The number of nitrogens with zero attached hydrogens (tertiary/aromatic N) is 2. The van der Waals surface area contributed by atoms with Gasteiger partial charge in [0.05, 0.1) is 5.69 Å². The van der Waals surface area contributed by atoms with Crippen LogP contribution in [0.1, 0.15) is 21.6 Å². The Morgan fingerprint density at radius 2 is 2.11 bits per heavy atom. The number of aryl methyl sites for hydroxylation is 3. The van der Waals surface area contributed by atoms with Gasteiger partial charge >= 0.3 is 0 Å². The van der Waals surface area contributed by atoms with Gasteiger partial charge in [-0.05, 0) is 25.5 Å². The van der Waals surface area contributed by atoms with Crippen LogP contribution in [-0.2, 0) is 7.05 Å². The van der Waals surface area contributed by atoms with Crippen molar-refractivity contribution in [3.8, 4) is 0 Å². The zero-order valence-corrected chi connectivity index (χ0v) is 10.7. The van der Waals surface area contributed by atoms with Crippen molar-refractivity contribution in [2.75, 3.05) is 11.1 Å². The highest BCUT2D eigenvalue weighted by Gasteiger charge is 2.14. The van der Waals surface area contributed by atoms with Gasteiger partial charge in [-0.15, -0.1) is 0 Å². The Labute approximate surface area is 106 Å². The Morgan fingerprint density at radius 3 is 2.67 bits per heavy atom. The van der Waals surface area contributed by atoms with Crippen molar-refractivity contribution in [2.24, 2.45) is 7.05 Å². The molecule has 0 saturated carbocycles. The monoisotopic (exact) mass is 244 g/mol. The second-order valence-corrected chi connectivity index (χ2v) is 4.38. The van der Waals surface area contributed by atoms with Crippen molar-refractivity contribution >= 4 is 17.3 Å². The van der Waals surface area contributed by atoms with E-state index in [0.29, 0.717) is 5.69 Å². The van der Waals surface area contributed by atoms with Crippen LogP contribution in [0, 0.1) is 13.8 Å². The van der Waals surface area contributed by atoms with E-state index in [9.17, 15) is 4.79 Å². The number of aromatic nitrogens is 2. The standard InChI is InChI=1S/C13H16N4O/c1-8-4-5-11(9(2)6-8)15-13(18)12-10(14)7-17(3)16-12/h4-7H,14H2,1-3H3,(H,15,18). The summed E-state index contributed by atoms with van der Waals surface area (Å²) in [5.41, 5.74) is 9.28. The topological polar surface area (TPSA) is 72.9 Å². The second kappa shape index (κ2) is 4.52. The molecule has 1 aromatic carbocycles. The quantitative estimate of drug-likeness (QED) is 0.847. The van der Waals surface area contributed by atoms with Gasteiger partial charge in [-0.25, -0.2) is 0 Å². The highest BCUT2D eigenvalue weighted by molar-refractivity contribution is 6.06. The summed E-state index contributed by atoms with van der Waals surface area (Å²) in [5, 5.41) is 6.85. The molecule has 2 rings (SSSR count). The molecule has 1 aromatic heterocycles. The van der Waals surface area contributed by atoms with Gasteiger partial charge < -0.3 is 11.1 Å². The predicted octanol–water partition coefficient (Wildman–Crippen LogP) is 1.87. The Bertz CT molecular complexity index is 601. The molecule has 0 fully saturated rings. The number of nitrogens with two attached hydrogens (primary N) is 1. The number of nitrogens with one attached hydrogen (secondary N) is 1. The van der Waals surface area contributed by atoms with Crippen LogP contribution in [0.25, 0.3) is 0 Å².